The van der Waals surface area contributed by atoms with Gasteiger partial charge in [-0.05, 0) is 25.5 Å². The van der Waals surface area contributed by atoms with Gasteiger partial charge in [0.05, 0.1) is 0 Å². The Kier molecular flexibility index (Phi) is 2.76. The highest BCUT2D eigenvalue weighted by atomic mass is 15.1. The maximum atomic E-state index is 2.45. The molecule has 0 N–H and O–H groups in total. The van der Waals surface area contributed by atoms with Gasteiger partial charge in [-0.25, -0.2) is 0 Å². The Morgan fingerprint density at radius 2 is 2.21 bits per heavy atom. The van der Waals surface area contributed by atoms with E-state index in [1.54, 1.807) is 0 Å². The van der Waals surface area contributed by atoms with Crippen LogP contribution in [0.15, 0.2) is 36.6 Å². The lowest BCUT2D eigenvalue weighted by Gasteiger charge is -2.34. The highest BCUT2D eigenvalue weighted by Gasteiger charge is 2.23. The average Bonchev–Trinajstić information content (AvgIpc) is 2.19. The Labute approximate surface area is 86.8 Å². The fourth-order valence-corrected chi connectivity index (χ4v) is 2.20. The topological polar surface area (TPSA) is 3.24 Å². The molecule has 0 saturated heterocycles. The summed E-state index contributed by atoms with van der Waals surface area (Å²) >= 11 is 0. The maximum Gasteiger partial charge on any atom is 0.0264 e. The minimum Gasteiger partial charge on any atom is -0.377 e. The van der Waals surface area contributed by atoms with E-state index < -0.39 is 0 Å². The summed E-state index contributed by atoms with van der Waals surface area (Å²) in [6.45, 7) is 4.73. The third-order valence-electron chi connectivity index (χ3n) is 3.03. The minimum atomic E-state index is 0.344. The Balaban J connectivity index is 1.95. The Morgan fingerprint density at radius 1 is 1.29 bits per heavy atom. The molecule has 0 fully saturated rings. The van der Waals surface area contributed by atoms with Crippen LogP contribution in [0.2, 0.25) is 0 Å². The quantitative estimate of drug-likeness (QED) is 0.645. The van der Waals surface area contributed by atoms with Gasteiger partial charge < -0.3 is 4.90 Å². The molecule has 2 rings (SSSR count). The zero-order valence-electron chi connectivity index (χ0n) is 8.95. The first-order valence-corrected chi connectivity index (χ1v) is 5.54. The maximum absolute atomic E-state index is 2.45. The van der Waals surface area contributed by atoms with Gasteiger partial charge in [0.25, 0.3) is 0 Å². The van der Waals surface area contributed by atoms with Gasteiger partial charge in [0.2, 0.25) is 0 Å². The van der Waals surface area contributed by atoms with Crippen molar-refractivity contribution in [2.24, 2.45) is 5.41 Å². The highest BCUT2D eigenvalue weighted by molar-refractivity contribution is 5.16. The van der Waals surface area contributed by atoms with Crippen molar-refractivity contribution in [3.05, 3.63) is 36.6 Å². The van der Waals surface area contributed by atoms with Crippen LogP contribution in [0.3, 0.4) is 0 Å². The molecule has 0 amide bonds. The van der Waals surface area contributed by atoms with Gasteiger partial charge >= 0.3 is 0 Å². The second-order valence-electron chi connectivity index (χ2n) is 4.64. The van der Waals surface area contributed by atoms with E-state index in [1.807, 2.05) is 0 Å². The largest absolute Gasteiger partial charge is 0.377 e. The van der Waals surface area contributed by atoms with Crippen molar-refractivity contribution in [2.75, 3.05) is 13.1 Å². The van der Waals surface area contributed by atoms with Gasteiger partial charge in [-0.3, -0.25) is 0 Å². The summed E-state index contributed by atoms with van der Waals surface area (Å²) in [6, 6.07) is 0. The van der Waals surface area contributed by atoms with E-state index in [-0.39, 0.29) is 0 Å². The molecule has 0 saturated carbocycles. The molecule has 2 aliphatic rings. The molecule has 0 bridgehead atoms. The third-order valence-corrected chi connectivity index (χ3v) is 3.03. The van der Waals surface area contributed by atoms with Gasteiger partial charge in [-0.2, -0.15) is 0 Å². The van der Waals surface area contributed by atoms with Crippen molar-refractivity contribution in [2.45, 2.75) is 26.2 Å². The molecule has 1 nitrogen and oxygen atoms in total. The lowest BCUT2D eigenvalue weighted by molar-refractivity contribution is 0.251. The van der Waals surface area contributed by atoms with Crippen molar-refractivity contribution >= 4 is 0 Å². The first-order chi connectivity index (χ1) is 6.79. The molecule has 76 valence electrons. The van der Waals surface area contributed by atoms with E-state index in [0.29, 0.717) is 5.41 Å². The molecule has 1 aliphatic carbocycles. The lowest BCUT2D eigenvalue weighted by Crippen LogP contribution is -2.33. The van der Waals surface area contributed by atoms with Crippen LogP contribution < -0.4 is 0 Å². The highest BCUT2D eigenvalue weighted by Crippen LogP contribution is 2.28. The van der Waals surface area contributed by atoms with Crippen molar-refractivity contribution < 1.29 is 0 Å². The molecule has 0 aromatic rings. The van der Waals surface area contributed by atoms with Crippen LogP contribution in [0.5, 0.6) is 0 Å². The summed E-state index contributed by atoms with van der Waals surface area (Å²) in [5.74, 6) is 0. The monoisotopic (exact) mass is 189 g/mol. The predicted octanol–water partition coefficient (Wildman–Crippen LogP) is 3.12. The smallest absolute Gasteiger partial charge is 0.0264 e. The molecule has 14 heavy (non-hydrogen) atoms. The standard InChI is InChI=1S/C13H19N/c1-13(8-4-2-5-9-13)12-14-10-6-3-7-11-14/h2,4-6,8,10H,3,7,9,11-12H2,1H3. The molecule has 1 heterocycles. The fourth-order valence-electron chi connectivity index (χ4n) is 2.20. The number of allylic oxidation sites excluding steroid dienone is 4. The third kappa shape index (κ3) is 2.28. The molecule has 0 radical (unpaired) electrons. The van der Waals surface area contributed by atoms with E-state index in [0.717, 1.165) is 6.54 Å². The van der Waals surface area contributed by atoms with Crippen LogP contribution in [-0.4, -0.2) is 18.0 Å². The van der Waals surface area contributed by atoms with Gasteiger partial charge in [0.15, 0.2) is 0 Å². The van der Waals surface area contributed by atoms with Crippen molar-refractivity contribution in [3.8, 4) is 0 Å². The Hall–Kier alpha value is -0.980. The minimum absolute atomic E-state index is 0.344. The predicted molar refractivity (Wildman–Crippen MR) is 61.0 cm³/mol. The van der Waals surface area contributed by atoms with Crippen LogP contribution in [0.1, 0.15) is 26.2 Å². The zero-order valence-corrected chi connectivity index (χ0v) is 8.95. The van der Waals surface area contributed by atoms with Gasteiger partial charge in [-0.15, -0.1) is 0 Å². The number of hydrogen-bond acceptors (Lipinski definition) is 1. The summed E-state index contributed by atoms with van der Waals surface area (Å²) in [5.41, 5.74) is 0.344. The molecule has 1 unspecified atom stereocenters. The van der Waals surface area contributed by atoms with E-state index in [1.165, 1.54) is 25.8 Å². The molecule has 1 atom stereocenters. The van der Waals surface area contributed by atoms with Crippen molar-refractivity contribution in [1.82, 2.24) is 4.90 Å². The molecule has 1 heteroatoms. The van der Waals surface area contributed by atoms with Crippen LogP contribution in [0, 0.1) is 5.41 Å². The summed E-state index contributed by atoms with van der Waals surface area (Å²) in [4.78, 5) is 2.45. The lowest BCUT2D eigenvalue weighted by atomic mass is 9.83. The van der Waals surface area contributed by atoms with Gasteiger partial charge in [0.1, 0.15) is 0 Å². The zero-order chi connectivity index (χ0) is 9.86. The number of nitrogens with zero attached hydrogens (tertiary/aromatic N) is 1. The SMILES string of the molecule is CC1(CN2C=CCCC2)C=CC=CC1. The van der Waals surface area contributed by atoms with Crippen molar-refractivity contribution in [1.29, 1.82) is 0 Å². The van der Waals surface area contributed by atoms with Crippen LogP contribution in [0.4, 0.5) is 0 Å². The van der Waals surface area contributed by atoms with E-state index in [4.69, 9.17) is 0 Å². The molecular weight excluding hydrogens is 170 g/mol. The van der Waals surface area contributed by atoms with E-state index in [2.05, 4.69) is 48.4 Å². The van der Waals surface area contributed by atoms with Crippen molar-refractivity contribution in [3.63, 3.8) is 0 Å². The van der Waals surface area contributed by atoms with Gasteiger partial charge in [0, 0.05) is 18.5 Å². The van der Waals surface area contributed by atoms with Crippen LogP contribution >= 0.6 is 0 Å². The summed E-state index contributed by atoms with van der Waals surface area (Å²) in [7, 11) is 0. The van der Waals surface area contributed by atoms with Gasteiger partial charge in [-0.1, -0.05) is 37.3 Å². The Bertz CT molecular complexity index is 275. The van der Waals surface area contributed by atoms with Crippen LogP contribution in [-0.2, 0) is 0 Å². The normalized spacial score (nSPS) is 31.1. The van der Waals surface area contributed by atoms with Crippen LogP contribution in [0.25, 0.3) is 0 Å². The fraction of sp³-hybridized carbons (Fsp3) is 0.538. The first-order valence-electron chi connectivity index (χ1n) is 5.54. The number of hydrogen-bond donors (Lipinski definition) is 0. The molecule has 0 aromatic heterocycles. The summed E-state index contributed by atoms with van der Waals surface area (Å²) < 4.78 is 0. The Morgan fingerprint density at radius 3 is 2.86 bits per heavy atom. The summed E-state index contributed by atoms with van der Waals surface area (Å²) in [6.07, 6.45) is 17.2. The molecule has 0 aromatic carbocycles. The van der Waals surface area contributed by atoms with E-state index >= 15 is 0 Å². The van der Waals surface area contributed by atoms with E-state index in [9.17, 15) is 0 Å². The second-order valence-corrected chi connectivity index (χ2v) is 4.64. The summed E-state index contributed by atoms with van der Waals surface area (Å²) in [5, 5.41) is 0. The first kappa shape index (κ1) is 9.57. The molecular formula is C13H19N. The molecule has 0 spiro atoms. The molecule has 1 aliphatic heterocycles. The number of rotatable bonds is 2. The second kappa shape index (κ2) is 4.04. The average molecular weight is 189 g/mol.